The van der Waals surface area contributed by atoms with Gasteiger partial charge < -0.3 is 4.74 Å². The van der Waals surface area contributed by atoms with Gasteiger partial charge in [0.1, 0.15) is 5.75 Å². The molecule has 0 saturated heterocycles. The standard InChI is InChI=1S/C11H17NO3S/c1-3-8-16(13,14)12-9-10-6-4-5-7-11(10)15-2/h4-7,12H,3,8-9H2,1-2H3. The minimum absolute atomic E-state index is 0.155. The number of rotatable bonds is 6. The Hall–Kier alpha value is -1.07. The lowest BCUT2D eigenvalue weighted by Crippen LogP contribution is -2.25. The molecular formula is C11H17NO3S. The highest BCUT2D eigenvalue weighted by molar-refractivity contribution is 7.89. The zero-order chi connectivity index (χ0) is 12.0. The molecule has 0 heterocycles. The van der Waals surface area contributed by atoms with Gasteiger partial charge in [0.2, 0.25) is 10.0 Å². The van der Waals surface area contributed by atoms with Crippen LogP contribution in [0.15, 0.2) is 24.3 Å². The summed E-state index contributed by atoms with van der Waals surface area (Å²) < 4.78 is 30.6. The lowest BCUT2D eigenvalue weighted by Gasteiger charge is -2.09. The molecule has 0 aliphatic heterocycles. The van der Waals surface area contributed by atoms with E-state index in [0.29, 0.717) is 12.2 Å². The van der Waals surface area contributed by atoms with Gasteiger partial charge in [-0.05, 0) is 12.5 Å². The summed E-state index contributed by atoms with van der Waals surface area (Å²) in [7, 11) is -1.59. The molecule has 0 atom stereocenters. The molecule has 0 saturated carbocycles. The molecule has 90 valence electrons. The van der Waals surface area contributed by atoms with Crippen molar-refractivity contribution in [1.29, 1.82) is 0 Å². The summed E-state index contributed by atoms with van der Waals surface area (Å²) in [5.41, 5.74) is 0.838. The molecule has 0 aliphatic carbocycles. The van der Waals surface area contributed by atoms with E-state index in [1.807, 2.05) is 31.2 Å². The van der Waals surface area contributed by atoms with Gasteiger partial charge in [0.05, 0.1) is 12.9 Å². The van der Waals surface area contributed by atoms with Crippen LogP contribution >= 0.6 is 0 Å². The van der Waals surface area contributed by atoms with E-state index in [1.54, 1.807) is 7.11 Å². The predicted molar refractivity (Wildman–Crippen MR) is 63.9 cm³/mol. The average Bonchev–Trinajstić information content (AvgIpc) is 2.27. The molecule has 0 amide bonds. The summed E-state index contributed by atoms with van der Waals surface area (Å²) in [5, 5.41) is 0. The van der Waals surface area contributed by atoms with Crippen molar-refractivity contribution in [3.63, 3.8) is 0 Å². The van der Waals surface area contributed by atoms with E-state index in [4.69, 9.17) is 4.74 Å². The summed E-state index contributed by atoms with van der Waals surface area (Å²) in [6, 6.07) is 7.35. The van der Waals surface area contributed by atoms with Crippen LogP contribution in [0.5, 0.6) is 5.75 Å². The van der Waals surface area contributed by atoms with E-state index in [2.05, 4.69) is 4.72 Å². The molecule has 0 bridgehead atoms. The molecule has 1 aromatic carbocycles. The summed E-state index contributed by atoms with van der Waals surface area (Å²) in [6.45, 7) is 2.11. The van der Waals surface area contributed by atoms with Crippen molar-refractivity contribution in [3.8, 4) is 5.75 Å². The minimum atomic E-state index is -3.16. The molecule has 0 aliphatic rings. The monoisotopic (exact) mass is 243 g/mol. The molecule has 0 unspecified atom stereocenters. The van der Waals surface area contributed by atoms with Crippen LogP contribution in [0.2, 0.25) is 0 Å². The van der Waals surface area contributed by atoms with Crippen molar-refractivity contribution in [2.75, 3.05) is 12.9 Å². The van der Waals surface area contributed by atoms with Gasteiger partial charge in [0, 0.05) is 12.1 Å². The number of hydrogen-bond donors (Lipinski definition) is 1. The molecule has 16 heavy (non-hydrogen) atoms. The predicted octanol–water partition coefficient (Wildman–Crippen LogP) is 1.52. The first kappa shape index (κ1) is 13.0. The highest BCUT2D eigenvalue weighted by Crippen LogP contribution is 2.16. The second kappa shape index (κ2) is 5.86. The fraction of sp³-hybridized carbons (Fsp3) is 0.455. The molecule has 4 nitrogen and oxygen atoms in total. The summed E-state index contributed by atoms with van der Waals surface area (Å²) in [5.74, 6) is 0.851. The van der Waals surface area contributed by atoms with E-state index in [9.17, 15) is 8.42 Å². The van der Waals surface area contributed by atoms with Crippen molar-refractivity contribution < 1.29 is 13.2 Å². The molecule has 0 spiro atoms. The first-order chi connectivity index (χ1) is 7.59. The third-order valence-electron chi connectivity index (χ3n) is 2.15. The van der Waals surface area contributed by atoms with Crippen LogP contribution in [0, 0.1) is 0 Å². The Morgan fingerprint density at radius 3 is 2.62 bits per heavy atom. The van der Waals surface area contributed by atoms with Crippen LogP contribution in [0.4, 0.5) is 0 Å². The molecule has 1 N–H and O–H groups in total. The Bertz CT molecular complexity index is 429. The average molecular weight is 243 g/mol. The maximum Gasteiger partial charge on any atom is 0.211 e. The van der Waals surface area contributed by atoms with Gasteiger partial charge in [-0.3, -0.25) is 0 Å². The number of benzene rings is 1. The zero-order valence-electron chi connectivity index (χ0n) is 9.56. The van der Waals surface area contributed by atoms with Crippen LogP contribution in [-0.2, 0) is 16.6 Å². The maximum atomic E-state index is 11.5. The lowest BCUT2D eigenvalue weighted by molar-refractivity contribution is 0.409. The fourth-order valence-electron chi connectivity index (χ4n) is 1.38. The van der Waals surface area contributed by atoms with E-state index in [0.717, 1.165) is 5.56 Å². The van der Waals surface area contributed by atoms with Gasteiger partial charge in [0.25, 0.3) is 0 Å². The van der Waals surface area contributed by atoms with Crippen LogP contribution in [0.25, 0.3) is 0 Å². The van der Waals surface area contributed by atoms with Gasteiger partial charge in [-0.2, -0.15) is 0 Å². The second-order valence-electron chi connectivity index (χ2n) is 3.45. The van der Waals surface area contributed by atoms with Crippen LogP contribution in [0.3, 0.4) is 0 Å². The fourth-order valence-corrected chi connectivity index (χ4v) is 2.43. The first-order valence-corrected chi connectivity index (χ1v) is 6.83. The zero-order valence-corrected chi connectivity index (χ0v) is 10.4. The van der Waals surface area contributed by atoms with Gasteiger partial charge >= 0.3 is 0 Å². The van der Waals surface area contributed by atoms with Gasteiger partial charge in [0.15, 0.2) is 0 Å². The highest BCUT2D eigenvalue weighted by Gasteiger charge is 2.09. The third-order valence-corrected chi connectivity index (χ3v) is 3.68. The van der Waals surface area contributed by atoms with Crippen molar-refractivity contribution in [2.45, 2.75) is 19.9 Å². The Labute approximate surface area is 96.7 Å². The molecule has 1 rings (SSSR count). The summed E-state index contributed by atoms with van der Waals surface area (Å²) in [4.78, 5) is 0. The van der Waals surface area contributed by atoms with Gasteiger partial charge in [-0.15, -0.1) is 0 Å². The number of nitrogens with one attached hydrogen (secondary N) is 1. The topological polar surface area (TPSA) is 55.4 Å². The van der Waals surface area contributed by atoms with E-state index >= 15 is 0 Å². The Balaban J connectivity index is 2.68. The van der Waals surface area contributed by atoms with E-state index in [1.165, 1.54) is 0 Å². The van der Waals surface area contributed by atoms with E-state index < -0.39 is 10.0 Å². The first-order valence-electron chi connectivity index (χ1n) is 5.18. The summed E-state index contributed by atoms with van der Waals surface area (Å²) >= 11 is 0. The number of para-hydroxylation sites is 1. The van der Waals surface area contributed by atoms with Gasteiger partial charge in [-0.25, -0.2) is 13.1 Å². The molecular weight excluding hydrogens is 226 g/mol. The van der Waals surface area contributed by atoms with Crippen LogP contribution in [0.1, 0.15) is 18.9 Å². The molecule has 5 heteroatoms. The molecule has 0 radical (unpaired) electrons. The smallest absolute Gasteiger partial charge is 0.211 e. The van der Waals surface area contributed by atoms with E-state index in [-0.39, 0.29) is 12.3 Å². The normalized spacial score (nSPS) is 11.4. The summed E-state index contributed by atoms with van der Waals surface area (Å²) in [6.07, 6.45) is 0.612. The Kier molecular flexibility index (Phi) is 4.76. The van der Waals surface area contributed by atoms with Crippen molar-refractivity contribution >= 4 is 10.0 Å². The van der Waals surface area contributed by atoms with Crippen LogP contribution < -0.4 is 9.46 Å². The number of ether oxygens (including phenoxy) is 1. The lowest BCUT2D eigenvalue weighted by atomic mass is 10.2. The SMILES string of the molecule is CCCS(=O)(=O)NCc1ccccc1OC. The van der Waals surface area contributed by atoms with Crippen LogP contribution in [-0.4, -0.2) is 21.3 Å². The number of sulfonamides is 1. The maximum absolute atomic E-state index is 11.5. The van der Waals surface area contributed by atoms with Crippen molar-refractivity contribution in [2.24, 2.45) is 0 Å². The second-order valence-corrected chi connectivity index (χ2v) is 5.38. The van der Waals surface area contributed by atoms with Crippen molar-refractivity contribution in [3.05, 3.63) is 29.8 Å². The Morgan fingerprint density at radius 2 is 2.00 bits per heavy atom. The highest BCUT2D eigenvalue weighted by atomic mass is 32.2. The molecule has 0 aromatic heterocycles. The molecule has 0 fully saturated rings. The quantitative estimate of drug-likeness (QED) is 0.824. The number of methoxy groups -OCH3 is 1. The number of hydrogen-bond acceptors (Lipinski definition) is 3. The molecule has 1 aromatic rings. The van der Waals surface area contributed by atoms with Crippen molar-refractivity contribution in [1.82, 2.24) is 4.72 Å². The van der Waals surface area contributed by atoms with Gasteiger partial charge in [-0.1, -0.05) is 25.1 Å². The third kappa shape index (κ3) is 3.83. The largest absolute Gasteiger partial charge is 0.496 e. The Morgan fingerprint density at radius 1 is 1.31 bits per heavy atom. The minimum Gasteiger partial charge on any atom is -0.496 e.